The van der Waals surface area contributed by atoms with Crippen molar-refractivity contribution in [3.05, 3.63) is 23.8 Å². The van der Waals surface area contributed by atoms with Crippen molar-refractivity contribution in [2.45, 2.75) is 19.8 Å². The summed E-state index contributed by atoms with van der Waals surface area (Å²) in [4.78, 5) is 2.22. The molecule has 0 amide bonds. The maximum Gasteiger partial charge on any atom is 0.142 e. The van der Waals surface area contributed by atoms with Gasteiger partial charge in [0, 0.05) is 20.1 Å². The van der Waals surface area contributed by atoms with Crippen molar-refractivity contribution in [3.63, 3.8) is 0 Å². The summed E-state index contributed by atoms with van der Waals surface area (Å²) in [7, 11) is 5.79. The summed E-state index contributed by atoms with van der Waals surface area (Å²) >= 11 is 0. The van der Waals surface area contributed by atoms with Crippen molar-refractivity contribution >= 4 is 5.69 Å². The third kappa shape index (κ3) is 3.63. The van der Waals surface area contributed by atoms with Crippen molar-refractivity contribution in [1.82, 2.24) is 5.32 Å². The lowest BCUT2D eigenvalue weighted by Gasteiger charge is -2.23. The van der Waals surface area contributed by atoms with Crippen molar-refractivity contribution in [1.29, 1.82) is 0 Å². The van der Waals surface area contributed by atoms with E-state index in [2.05, 4.69) is 49.3 Å². The molecule has 0 aromatic heterocycles. The monoisotopic (exact) mass is 236 g/mol. The molecule has 3 nitrogen and oxygen atoms in total. The molecule has 0 saturated carbocycles. The van der Waals surface area contributed by atoms with Crippen LogP contribution in [0.2, 0.25) is 0 Å². The van der Waals surface area contributed by atoms with Crippen molar-refractivity contribution in [2.75, 3.05) is 39.2 Å². The van der Waals surface area contributed by atoms with E-state index < -0.39 is 0 Å². The molecule has 0 fully saturated rings. The Kier molecular flexibility index (Phi) is 5.29. The average molecular weight is 236 g/mol. The van der Waals surface area contributed by atoms with Gasteiger partial charge in [0.15, 0.2) is 0 Å². The van der Waals surface area contributed by atoms with E-state index in [1.807, 2.05) is 7.05 Å². The molecule has 96 valence electrons. The zero-order valence-electron chi connectivity index (χ0n) is 11.6. The molecule has 1 N–H and O–H groups in total. The summed E-state index contributed by atoms with van der Waals surface area (Å²) in [6.45, 7) is 6.35. The van der Waals surface area contributed by atoms with Gasteiger partial charge in [-0.2, -0.15) is 0 Å². The molecule has 0 saturated heterocycles. The Morgan fingerprint density at radius 3 is 2.59 bits per heavy atom. The van der Waals surface area contributed by atoms with Gasteiger partial charge in [0.1, 0.15) is 5.75 Å². The van der Waals surface area contributed by atoms with Gasteiger partial charge in [0.05, 0.1) is 12.8 Å². The highest BCUT2D eigenvalue weighted by atomic mass is 16.5. The summed E-state index contributed by atoms with van der Waals surface area (Å²) in [6.07, 6.45) is 0. The zero-order valence-corrected chi connectivity index (χ0v) is 11.6. The number of rotatable bonds is 6. The van der Waals surface area contributed by atoms with Crippen LogP contribution >= 0.6 is 0 Å². The van der Waals surface area contributed by atoms with Gasteiger partial charge in [0.2, 0.25) is 0 Å². The van der Waals surface area contributed by atoms with Gasteiger partial charge in [-0.1, -0.05) is 19.9 Å². The van der Waals surface area contributed by atoms with Crippen LogP contribution in [0.1, 0.15) is 25.3 Å². The van der Waals surface area contributed by atoms with Crippen molar-refractivity contribution in [2.24, 2.45) is 0 Å². The Morgan fingerprint density at radius 1 is 1.35 bits per heavy atom. The van der Waals surface area contributed by atoms with Crippen LogP contribution in [0.5, 0.6) is 5.75 Å². The first kappa shape index (κ1) is 13.8. The summed E-state index contributed by atoms with van der Waals surface area (Å²) < 4.78 is 5.42. The number of nitrogens with zero attached hydrogens (tertiary/aromatic N) is 1. The molecule has 0 heterocycles. The molecule has 0 bridgehead atoms. The first-order chi connectivity index (χ1) is 8.10. The fourth-order valence-electron chi connectivity index (χ4n) is 1.76. The Bertz CT molecular complexity index is 350. The normalized spacial score (nSPS) is 10.7. The Hall–Kier alpha value is -1.22. The third-order valence-electron chi connectivity index (χ3n) is 2.98. The number of ether oxygens (including phenoxy) is 1. The lowest BCUT2D eigenvalue weighted by molar-refractivity contribution is 0.414. The summed E-state index contributed by atoms with van der Waals surface area (Å²) in [5.74, 6) is 1.48. The lowest BCUT2D eigenvalue weighted by atomic mass is 10.0. The molecule has 1 rings (SSSR count). The maximum absolute atomic E-state index is 5.42. The maximum atomic E-state index is 5.42. The number of benzene rings is 1. The third-order valence-corrected chi connectivity index (χ3v) is 2.98. The molecular formula is C14H24N2O. The minimum absolute atomic E-state index is 0.539. The van der Waals surface area contributed by atoms with Crippen molar-refractivity contribution in [3.8, 4) is 5.75 Å². The van der Waals surface area contributed by atoms with Gasteiger partial charge in [-0.25, -0.2) is 0 Å². The summed E-state index contributed by atoms with van der Waals surface area (Å²) in [5.41, 5.74) is 2.51. The molecule has 0 atom stereocenters. The van der Waals surface area contributed by atoms with E-state index in [-0.39, 0.29) is 0 Å². The average Bonchev–Trinajstić information content (AvgIpc) is 2.34. The van der Waals surface area contributed by atoms with Gasteiger partial charge in [-0.15, -0.1) is 0 Å². The lowest BCUT2D eigenvalue weighted by Crippen LogP contribution is -2.27. The van der Waals surface area contributed by atoms with E-state index >= 15 is 0 Å². The Labute approximate surface area is 105 Å². The fraction of sp³-hybridized carbons (Fsp3) is 0.571. The number of likely N-dealkylation sites (N-methyl/N-ethyl adjacent to an activating group) is 2. The molecule has 17 heavy (non-hydrogen) atoms. The standard InChI is InChI=1S/C14H24N2O/c1-11(2)12-6-7-14(17-5)13(10-12)16(4)9-8-15-3/h6-7,10-11,15H,8-9H2,1-5H3. The van der Waals surface area contributed by atoms with Crippen LogP contribution in [0, 0.1) is 0 Å². The number of methoxy groups -OCH3 is 1. The second kappa shape index (κ2) is 6.50. The van der Waals surface area contributed by atoms with Crippen LogP contribution in [0.15, 0.2) is 18.2 Å². The van der Waals surface area contributed by atoms with Gasteiger partial charge in [-0.05, 0) is 30.7 Å². The van der Waals surface area contributed by atoms with E-state index in [4.69, 9.17) is 4.74 Å². The highest BCUT2D eigenvalue weighted by molar-refractivity contribution is 5.60. The quantitative estimate of drug-likeness (QED) is 0.821. The van der Waals surface area contributed by atoms with E-state index in [1.165, 1.54) is 5.56 Å². The van der Waals surface area contributed by atoms with E-state index in [0.717, 1.165) is 24.5 Å². The molecule has 1 aromatic carbocycles. The molecule has 3 heteroatoms. The second-order valence-electron chi connectivity index (χ2n) is 4.61. The zero-order chi connectivity index (χ0) is 12.8. The van der Waals surface area contributed by atoms with Crippen LogP contribution in [0.25, 0.3) is 0 Å². The topological polar surface area (TPSA) is 24.5 Å². The van der Waals surface area contributed by atoms with Gasteiger partial charge in [0.25, 0.3) is 0 Å². The Morgan fingerprint density at radius 2 is 2.06 bits per heavy atom. The number of nitrogens with one attached hydrogen (secondary N) is 1. The van der Waals surface area contributed by atoms with Gasteiger partial charge in [-0.3, -0.25) is 0 Å². The summed E-state index contributed by atoms with van der Waals surface area (Å²) in [5, 5.41) is 3.16. The van der Waals surface area contributed by atoms with Crippen LogP contribution in [0.4, 0.5) is 5.69 Å². The molecular weight excluding hydrogens is 212 g/mol. The van der Waals surface area contributed by atoms with Crippen LogP contribution in [-0.4, -0.2) is 34.3 Å². The van der Waals surface area contributed by atoms with E-state index in [9.17, 15) is 0 Å². The van der Waals surface area contributed by atoms with Gasteiger partial charge >= 0.3 is 0 Å². The minimum Gasteiger partial charge on any atom is -0.495 e. The molecule has 0 aliphatic rings. The SMILES string of the molecule is CNCCN(C)c1cc(C(C)C)ccc1OC. The molecule has 0 spiro atoms. The molecule has 0 unspecified atom stereocenters. The van der Waals surface area contributed by atoms with Crippen molar-refractivity contribution < 1.29 is 4.74 Å². The van der Waals surface area contributed by atoms with E-state index in [1.54, 1.807) is 7.11 Å². The molecule has 0 radical (unpaired) electrons. The number of hydrogen-bond donors (Lipinski definition) is 1. The summed E-state index contributed by atoms with van der Waals surface area (Å²) in [6, 6.07) is 6.42. The molecule has 1 aromatic rings. The molecule has 0 aliphatic carbocycles. The minimum atomic E-state index is 0.539. The van der Waals surface area contributed by atoms with Crippen LogP contribution in [0.3, 0.4) is 0 Å². The number of anilines is 1. The van der Waals surface area contributed by atoms with Gasteiger partial charge < -0.3 is 15.0 Å². The largest absolute Gasteiger partial charge is 0.495 e. The van der Waals surface area contributed by atoms with Crippen LogP contribution in [-0.2, 0) is 0 Å². The first-order valence-electron chi connectivity index (χ1n) is 6.13. The highest BCUT2D eigenvalue weighted by Gasteiger charge is 2.10. The smallest absolute Gasteiger partial charge is 0.142 e. The second-order valence-corrected chi connectivity index (χ2v) is 4.61. The first-order valence-corrected chi connectivity index (χ1v) is 6.13. The highest BCUT2D eigenvalue weighted by Crippen LogP contribution is 2.30. The molecule has 0 aliphatic heterocycles. The van der Waals surface area contributed by atoms with E-state index in [0.29, 0.717) is 5.92 Å². The fourth-order valence-corrected chi connectivity index (χ4v) is 1.76. The predicted octanol–water partition coefficient (Wildman–Crippen LogP) is 2.47. The van der Waals surface area contributed by atoms with Crippen LogP contribution < -0.4 is 15.0 Å². The number of hydrogen-bond acceptors (Lipinski definition) is 3. The predicted molar refractivity (Wildman–Crippen MR) is 74.3 cm³/mol. The Balaban J connectivity index is 2.96.